The number of nitrogens with zero attached hydrogens (tertiary/aromatic N) is 5. The van der Waals surface area contributed by atoms with Gasteiger partial charge in [-0.2, -0.15) is 20.5 Å². The summed E-state index contributed by atoms with van der Waals surface area (Å²) in [6.45, 7) is 5.49. The fourth-order valence-corrected chi connectivity index (χ4v) is 3.30. The maximum Gasteiger partial charge on any atom is 0.254 e. The molecule has 1 aliphatic heterocycles. The van der Waals surface area contributed by atoms with Crippen molar-refractivity contribution in [1.29, 1.82) is 0 Å². The quantitative estimate of drug-likeness (QED) is 0.783. The summed E-state index contributed by atoms with van der Waals surface area (Å²) in [6.07, 6.45) is 0.930. The van der Waals surface area contributed by atoms with Crippen LogP contribution in [0.3, 0.4) is 0 Å². The van der Waals surface area contributed by atoms with Crippen molar-refractivity contribution < 1.29 is 4.79 Å². The van der Waals surface area contributed by atoms with Crippen LogP contribution < -0.4 is 0 Å². The van der Waals surface area contributed by atoms with Gasteiger partial charge in [0.1, 0.15) is 11.0 Å². The number of hydrogen-bond donors (Lipinski definition) is 1. The van der Waals surface area contributed by atoms with E-state index >= 15 is 0 Å². The van der Waals surface area contributed by atoms with E-state index in [9.17, 15) is 4.79 Å². The molecule has 118 valence electrons. The molecule has 1 aromatic carbocycles. The van der Waals surface area contributed by atoms with Gasteiger partial charge in [-0.3, -0.25) is 9.48 Å². The Morgan fingerprint density at radius 3 is 2.83 bits per heavy atom. The van der Waals surface area contributed by atoms with E-state index in [0.29, 0.717) is 17.6 Å². The predicted octanol–water partition coefficient (Wildman–Crippen LogP) is 1.86. The number of rotatable bonds is 2. The third-order valence-corrected chi connectivity index (χ3v) is 4.40. The molecule has 1 atom stereocenters. The highest BCUT2D eigenvalue weighted by Crippen LogP contribution is 2.25. The summed E-state index contributed by atoms with van der Waals surface area (Å²) in [7, 11) is 0. The van der Waals surface area contributed by atoms with Crippen molar-refractivity contribution in [3.63, 3.8) is 0 Å². The highest BCUT2D eigenvalue weighted by atomic mass is 16.2. The van der Waals surface area contributed by atoms with Crippen LogP contribution in [-0.2, 0) is 0 Å². The number of carbonyl (C=O) groups excluding carboxylic acids is 1. The molecule has 2 aromatic heterocycles. The van der Waals surface area contributed by atoms with Crippen LogP contribution in [0, 0.1) is 13.8 Å². The molecule has 0 aliphatic carbocycles. The molecule has 0 unspecified atom stereocenters. The first-order valence-electron chi connectivity index (χ1n) is 7.74. The SMILES string of the molecule is Cc1cc(C)n([C@H]2CCN(C(=O)c3ccc4n[nH]nc4c3)C2)n1. The third-order valence-electron chi connectivity index (χ3n) is 4.40. The molecule has 1 fully saturated rings. The fraction of sp³-hybridized carbons (Fsp3) is 0.375. The zero-order valence-electron chi connectivity index (χ0n) is 13.2. The van der Waals surface area contributed by atoms with Crippen molar-refractivity contribution in [1.82, 2.24) is 30.1 Å². The highest BCUT2D eigenvalue weighted by molar-refractivity contribution is 5.97. The van der Waals surface area contributed by atoms with Gasteiger partial charge in [-0.25, -0.2) is 0 Å². The second-order valence-corrected chi connectivity index (χ2v) is 6.09. The number of hydrogen-bond acceptors (Lipinski definition) is 4. The minimum absolute atomic E-state index is 0.0407. The Bertz CT molecular complexity index is 880. The molecule has 0 saturated carbocycles. The number of aryl methyl sites for hydroxylation is 2. The summed E-state index contributed by atoms with van der Waals surface area (Å²) in [5.41, 5.74) is 4.30. The van der Waals surface area contributed by atoms with E-state index in [2.05, 4.69) is 33.5 Å². The highest BCUT2D eigenvalue weighted by Gasteiger charge is 2.29. The van der Waals surface area contributed by atoms with Gasteiger partial charge in [0.25, 0.3) is 5.91 Å². The van der Waals surface area contributed by atoms with E-state index in [0.717, 1.165) is 29.9 Å². The first kappa shape index (κ1) is 13.9. The van der Waals surface area contributed by atoms with Crippen molar-refractivity contribution in [3.05, 3.63) is 41.2 Å². The molecular weight excluding hydrogens is 292 g/mol. The van der Waals surface area contributed by atoms with Crippen LogP contribution in [0.4, 0.5) is 0 Å². The van der Waals surface area contributed by atoms with Gasteiger partial charge < -0.3 is 4.90 Å². The second-order valence-electron chi connectivity index (χ2n) is 6.09. The summed E-state index contributed by atoms with van der Waals surface area (Å²) < 4.78 is 2.05. The smallest absolute Gasteiger partial charge is 0.254 e. The maximum atomic E-state index is 12.7. The lowest BCUT2D eigenvalue weighted by Gasteiger charge is -2.17. The predicted molar refractivity (Wildman–Crippen MR) is 85.1 cm³/mol. The molecule has 7 heteroatoms. The van der Waals surface area contributed by atoms with Crippen LogP contribution in [0.1, 0.15) is 34.2 Å². The first-order valence-corrected chi connectivity index (χ1v) is 7.74. The number of amides is 1. The van der Waals surface area contributed by atoms with E-state index in [1.54, 1.807) is 6.07 Å². The number of aromatic amines is 1. The lowest BCUT2D eigenvalue weighted by atomic mass is 10.2. The number of likely N-dealkylation sites (tertiary alicyclic amines) is 1. The summed E-state index contributed by atoms with van der Waals surface area (Å²) in [4.78, 5) is 14.6. The van der Waals surface area contributed by atoms with Crippen molar-refractivity contribution in [2.75, 3.05) is 13.1 Å². The summed E-state index contributed by atoms with van der Waals surface area (Å²) >= 11 is 0. The van der Waals surface area contributed by atoms with Gasteiger partial charge in [0.15, 0.2) is 0 Å². The Kier molecular flexibility index (Phi) is 3.14. The number of nitrogens with one attached hydrogen (secondary N) is 1. The Balaban J connectivity index is 1.54. The summed E-state index contributed by atoms with van der Waals surface area (Å²) in [5, 5.41) is 15.2. The Labute approximate surface area is 133 Å². The molecule has 3 heterocycles. The first-order chi connectivity index (χ1) is 11.1. The zero-order chi connectivity index (χ0) is 16.0. The number of aromatic nitrogens is 5. The van der Waals surface area contributed by atoms with Crippen molar-refractivity contribution >= 4 is 16.9 Å². The molecule has 4 rings (SSSR count). The fourth-order valence-electron chi connectivity index (χ4n) is 3.30. The second kappa shape index (κ2) is 5.19. The normalized spacial score (nSPS) is 18.0. The Morgan fingerprint density at radius 1 is 1.22 bits per heavy atom. The molecular formula is C16H18N6O. The molecule has 1 amide bonds. The average molecular weight is 310 g/mol. The lowest BCUT2D eigenvalue weighted by Crippen LogP contribution is -2.29. The van der Waals surface area contributed by atoms with Gasteiger partial charge in [-0.15, -0.1) is 0 Å². The van der Waals surface area contributed by atoms with Crippen LogP contribution in [0.15, 0.2) is 24.3 Å². The van der Waals surface area contributed by atoms with Crippen molar-refractivity contribution in [3.8, 4) is 0 Å². The van der Waals surface area contributed by atoms with E-state index in [1.165, 1.54) is 0 Å². The minimum Gasteiger partial charge on any atom is -0.336 e. The Morgan fingerprint density at radius 2 is 2.04 bits per heavy atom. The zero-order valence-corrected chi connectivity index (χ0v) is 13.2. The largest absolute Gasteiger partial charge is 0.336 e. The van der Waals surface area contributed by atoms with E-state index < -0.39 is 0 Å². The molecule has 1 saturated heterocycles. The molecule has 0 spiro atoms. The van der Waals surface area contributed by atoms with Gasteiger partial charge >= 0.3 is 0 Å². The van der Waals surface area contributed by atoms with E-state index in [1.807, 2.05) is 28.6 Å². The molecule has 0 radical (unpaired) electrons. The van der Waals surface area contributed by atoms with Gasteiger partial charge in [0, 0.05) is 24.3 Å². The third kappa shape index (κ3) is 2.38. The standard InChI is InChI=1S/C16H18N6O/c1-10-7-11(2)22(19-10)13-5-6-21(9-13)16(23)12-3-4-14-15(8-12)18-20-17-14/h3-4,7-8,13H,5-6,9H2,1-2H3,(H,17,18,20)/t13-/m0/s1. The van der Waals surface area contributed by atoms with E-state index in [-0.39, 0.29) is 11.9 Å². The number of H-pyrrole nitrogens is 1. The Hall–Kier alpha value is -2.70. The van der Waals surface area contributed by atoms with Crippen LogP contribution >= 0.6 is 0 Å². The van der Waals surface area contributed by atoms with Gasteiger partial charge in [0.05, 0.1) is 11.7 Å². The van der Waals surface area contributed by atoms with E-state index in [4.69, 9.17) is 0 Å². The van der Waals surface area contributed by atoms with Crippen LogP contribution in [0.2, 0.25) is 0 Å². The molecule has 1 N–H and O–H groups in total. The average Bonchev–Trinajstić information content (AvgIpc) is 3.24. The summed E-state index contributed by atoms with van der Waals surface area (Å²) in [6, 6.07) is 7.74. The van der Waals surface area contributed by atoms with Crippen molar-refractivity contribution in [2.24, 2.45) is 0 Å². The molecule has 1 aliphatic rings. The number of benzene rings is 1. The summed E-state index contributed by atoms with van der Waals surface area (Å²) in [5.74, 6) is 0.0407. The molecule has 23 heavy (non-hydrogen) atoms. The minimum atomic E-state index is 0.0407. The van der Waals surface area contributed by atoms with Crippen LogP contribution in [0.25, 0.3) is 11.0 Å². The monoisotopic (exact) mass is 310 g/mol. The number of fused-ring (bicyclic) bond motifs is 1. The van der Waals surface area contributed by atoms with Crippen molar-refractivity contribution in [2.45, 2.75) is 26.3 Å². The topological polar surface area (TPSA) is 79.7 Å². The van der Waals surface area contributed by atoms with Gasteiger partial charge in [-0.05, 0) is 44.5 Å². The molecule has 7 nitrogen and oxygen atoms in total. The molecule has 3 aromatic rings. The van der Waals surface area contributed by atoms with Crippen LogP contribution in [-0.4, -0.2) is 49.1 Å². The molecule has 0 bridgehead atoms. The lowest BCUT2D eigenvalue weighted by molar-refractivity contribution is 0.0787. The van der Waals surface area contributed by atoms with Crippen LogP contribution in [0.5, 0.6) is 0 Å². The number of carbonyl (C=O) groups is 1. The maximum absolute atomic E-state index is 12.7. The van der Waals surface area contributed by atoms with Gasteiger partial charge in [-0.1, -0.05) is 0 Å². The van der Waals surface area contributed by atoms with Gasteiger partial charge in [0.2, 0.25) is 0 Å².